The maximum atomic E-state index is 14.8. The van der Waals surface area contributed by atoms with Gasteiger partial charge in [-0.3, -0.25) is 9.98 Å². The molecule has 1 aliphatic rings. The Morgan fingerprint density at radius 2 is 1.76 bits per heavy atom. The van der Waals surface area contributed by atoms with Crippen molar-refractivity contribution < 1.29 is 8.78 Å². The molecule has 0 radical (unpaired) electrons. The van der Waals surface area contributed by atoms with Gasteiger partial charge in [-0.1, -0.05) is 40.2 Å². The molecule has 1 aromatic heterocycles. The zero-order chi connectivity index (χ0) is 17.8. The topological polar surface area (TPSA) is 25.2 Å². The van der Waals surface area contributed by atoms with E-state index >= 15 is 0 Å². The Kier molecular flexibility index (Phi) is 3.55. The second-order valence-corrected chi connectivity index (χ2v) is 7.62. The van der Waals surface area contributed by atoms with Crippen molar-refractivity contribution in [2.45, 2.75) is 25.3 Å². The Morgan fingerprint density at radius 1 is 1.00 bits per heavy atom. The average molecular weight is 401 g/mol. The average Bonchev–Trinajstić information content (AvgIpc) is 2.58. The predicted octanol–water partition coefficient (Wildman–Crippen LogP) is 5.72. The van der Waals surface area contributed by atoms with Crippen molar-refractivity contribution in [3.05, 3.63) is 75.9 Å². The monoisotopic (exact) mass is 400 g/mol. The first kappa shape index (κ1) is 16.3. The van der Waals surface area contributed by atoms with Gasteiger partial charge in [0.2, 0.25) is 0 Å². The summed E-state index contributed by atoms with van der Waals surface area (Å²) in [4.78, 5) is 8.89. The van der Waals surface area contributed by atoms with E-state index in [0.29, 0.717) is 11.3 Å². The molecule has 0 atom stereocenters. The Bertz CT molecular complexity index is 1030. The van der Waals surface area contributed by atoms with E-state index in [4.69, 9.17) is 0 Å². The normalized spacial score (nSPS) is 17.9. The summed E-state index contributed by atoms with van der Waals surface area (Å²) in [6, 6.07) is 14.3. The zero-order valence-electron chi connectivity index (χ0n) is 13.7. The third-order valence-corrected chi connectivity index (χ3v) is 5.09. The van der Waals surface area contributed by atoms with Crippen LogP contribution in [0.4, 0.5) is 8.78 Å². The van der Waals surface area contributed by atoms with Crippen LogP contribution >= 0.6 is 15.9 Å². The lowest BCUT2D eigenvalue weighted by Crippen LogP contribution is -2.44. The highest BCUT2D eigenvalue weighted by molar-refractivity contribution is 9.10. The van der Waals surface area contributed by atoms with Crippen molar-refractivity contribution in [2.24, 2.45) is 4.99 Å². The van der Waals surface area contributed by atoms with Gasteiger partial charge >= 0.3 is 0 Å². The van der Waals surface area contributed by atoms with Crippen molar-refractivity contribution in [1.29, 1.82) is 0 Å². The number of alkyl halides is 2. The van der Waals surface area contributed by atoms with E-state index in [1.165, 1.54) is 19.9 Å². The second kappa shape index (κ2) is 5.43. The van der Waals surface area contributed by atoms with Crippen molar-refractivity contribution in [1.82, 2.24) is 4.98 Å². The zero-order valence-corrected chi connectivity index (χ0v) is 15.3. The fraction of sp³-hybridized carbons (Fsp3) is 0.200. The molecule has 2 aromatic carbocycles. The van der Waals surface area contributed by atoms with E-state index in [2.05, 4.69) is 25.9 Å². The summed E-state index contributed by atoms with van der Waals surface area (Å²) in [5.74, 6) is -3.03. The molecule has 2 nitrogen and oxygen atoms in total. The van der Waals surface area contributed by atoms with Crippen LogP contribution in [0.1, 0.15) is 30.5 Å². The molecule has 3 aromatic rings. The molecule has 0 N–H and O–H groups in total. The molecule has 0 aliphatic carbocycles. The van der Waals surface area contributed by atoms with Crippen LogP contribution in [0.3, 0.4) is 0 Å². The Balaban J connectivity index is 1.97. The van der Waals surface area contributed by atoms with Crippen LogP contribution in [0.25, 0.3) is 10.9 Å². The Labute approximate surface area is 152 Å². The molecule has 0 spiro atoms. The lowest BCUT2D eigenvalue weighted by Gasteiger charge is -2.37. The first-order chi connectivity index (χ1) is 11.8. The van der Waals surface area contributed by atoms with E-state index in [-0.39, 0.29) is 5.56 Å². The molecular formula is C20H15BrF2N2. The number of fused-ring (bicyclic) bond motifs is 2. The van der Waals surface area contributed by atoms with Gasteiger partial charge in [0.25, 0.3) is 5.92 Å². The molecule has 4 rings (SSSR count). The predicted molar refractivity (Wildman–Crippen MR) is 99.5 cm³/mol. The largest absolute Gasteiger partial charge is 0.297 e. The SMILES string of the molecule is CC1(C)N=C(c2cnc3ccc(Br)cc3c2)c2ccccc2C1(F)F. The third-order valence-electron chi connectivity index (χ3n) is 4.60. The van der Waals surface area contributed by atoms with E-state index in [0.717, 1.165) is 20.9 Å². The van der Waals surface area contributed by atoms with Crippen LogP contribution in [0.15, 0.2) is 64.2 Å². The van der Waals surface area contributed by atoms with Gasteiger partial charge in [-0.05, 0) is 38.1 Å². The summed E-state index contributed by atoms with van der Waals surface area (Å²) >= 11 is 3.45. The third kappa shape index (κ3) is 2.49. The number of rotatable bonds is 1. The number of hydrogen-bond donors (Lipinski definition) is 0. The van der Waals surface area contributed by atoms with Crippen LogP contribution < -0.4 is 0 Å². The number of pyridine rings is 1. The minimum Gasteiger partial charge on any atom is -0.271 e. The number of halogens is 3. The highest BCUT2D eigenvalue weighted by Gasteiger charge is 2.52. The highest BCUT2D eigenvalue weighted by atomic mass is 79.9. The number of hydrogen-bond acceptors (Lipinski definition) is 2. The van der Waals surface area contributed by atoms with Gasteiger partial charge in [0, 0.05) is 32.7 Å². The van der Waals surface area contributed by atoms with E-state index < -0.39 is 11.5 Å². The standard InChI is InChI=1S/C20H15BrF2N2/c1-19(2)20(22,23)16-6-4-3-5-15(16)18(25-19)13-9-12-10-14(21)7-8-17(12)24-11-13/h3-11H,1-2H3. The van der Waals surface area contributed by atoms with Crippen LogP contribution in [0.2, 0.25) is 0 Å². The summed E-state index contributed by atoms with van der Waals surface area (Å²) in [6.07, 6.45) is 1.70. The maximum absolute atomic E-state index is 14.8. The van der Waals surface area contributed by atoms with Crippen molar-refractivity contribution in [3.63, 3.8) is 0 Å². The first-order valence-corrected chi connectivity index (χ1v) is 8.72. The molecule has 0 fully saturated rings. The Morgan fingerprint density at radius 3 is 2.56 bits per heavy atom. The van der Waals surface area contributed by atoms with Gasteiger partial charge in [0.1, 0.15) is 5.54 Å². The summed E-state index contributed by atoms with van der Waals surface area (Å²) < 4.78 is 30.6. The maximum Gasteiger partial charge on any atom is 0.297 e. The number of aromatic nitrogens is 1. The number of benzene rings is 2. The summed E-state index contributed by atoms with van der Waals surface area (Å²) in [5, 5.41) is 0.933. The Hall–Kier alpha value is -2.14. The van der Waals surface area contributed by atoms with Gasteiger partial charge in [0.05, 0.1) is 11.2 Å². The van der Waals surface area contributed by atoms with Gasteiger partial charge in [-0.2, -0.15) is 8.78 Å². The van der Waals surface area contributed by atoms with Crippen molar-refractivity contribution >= 4 is 32.5 Å². The minimum absolute atomic E-state index is 0.0133. The van der Waals surface area contributed by atoms with Crippen molar-refractivity contribution in [2.75, 3.05) is 0 Å². The first-order valence-electron chi connectivity index (χ1n) is 7.93. The molecule has 0 saturated heterocycles. The molecule has 2 heterocycles. The lowest BCUT2D eigenvalue weighted by atomic mass is 9.81. The molecule has 0 bridgehead atoms. The molecule has 5 heteroatoms. The molecule has 0 unspecified atom stereocenters. The molecule has 1 aliphatic heterocycles. The van der Waals surface area contributed by atoms with E-state index in [1.807, 2.05) is 24.3 Å². The summed E-state index contributed by atoms with van der Waals surface area (Å²) in [5.41, 5.74) is 1.09. The van der Waals surface area contributed by atoms with Crippen LogP contribution in [0, 0.1) is 0 Å². The van der Waals surface area contributed by atoms with Gasteiger partial charge in [0.15, 0.2) is 0 Å². The summed E-state index contributed by atoms with van der Waals surface area (Å²) in [6.45, 7) is 2.93. The van der Waals surface area contributed by atoms with Crippen LogP contribution in [0.5, 0.6) is 0 Å². The van der Waals surface area contributed by atoms with Gasteiger partial charge in [-0.15, -0.1) is 0 Å². The molecular weight excluding hydrogens is 386 g/mol. The number of aliphatic imine (C=N–C) groups is 1. The fourth-order valence-electron chi connectivity index (χ4n) is 3.15. The summed E-state index contributed by atoms with van der Waals surface area (Å²) in [7, 11) is 0. The highest BCUT2D eigenvalue weighted by Crippen LogP contribution is 2.46. The quantitative estimate of drug-likeness (QED) is 0.512. The second-order valence-electron chi connectivity index (χ2n) is 6.70. The fourth-order valence-corrected chi connectivity index (χ4v) is 3.53. The van der Waals surface area contributed by atoms with Gasteiger partial charge < -0.3 is 0 Å². The van der Waals surface area contributed by atoms with Crippen molar-refractivity contribution in [3.8, 4) is 0 Å². The van der Waals surface area contributed by atoms with Gasteiger partial charge in [-0.25, -0.2) is 0 Å². The molecule has 0 saturated carbocycles. The lowest BCUT2D eigenvalue weighted by molar-refractivity contribution is -0.0681. The molecule has 25 heavy (non-hydrogen) atoms. The molecule has 0 amide bonds. The molecule has 126 valence electrons. The smallest absolute Gasteiger partial charge is 0.271 e. The number of nitrogens with zero attached hydrogens (tertiary/aromatic N) is 2. The van der Waals surface area contributed by atoms with E-state index in [9.17, 15) is 8.78 Å². The van der Waals surface area contributed by atoms with E-state index in [1.54, 1.807) is 24.4 Å². The minimum atomic E-state index is -3.03. The van der Waals surface area contributed by atoms with Crippen LogP contribution in [-0.2, 0) is 5.92 Å². The van der Waals surface area contributed by atoms with Crippen LogP contribution in [-0.4, -0.2) is 16.2 Å².